The first-order chi connectivity index (χ1) is 10.2. The molecule has 0 aromatic heterocycles. The molecule has 1 heterocycles. The van der Waals surface area contributed by atoms with Crippen LogP contribution in [0, 0.1) is 6.92 Å². The van der Waals surface area contributed by atoms with Gasteiger partial charge in [0.2, 0.25) is 0 Å². The fourth-order valence-electron chi connectivity index (χ4n) is 2.69. The largest absolute Gasteiger partial charge is 0.322 e. The lowest BCUT2D eigenvalue weighted by Gasteiger charge is -2.20. The zero-order valence-corrected chi connectivity index (χ0v) is 12.6. The molecule has 1 aliphatic rings. The van der Waals surface area contributed by atoms with Gasteiger partial charge in [0.15, 0.2) is 0 Å². The predicted molar refractivity (Wildman–Crippen MR) is 86.0 cm³/mol. The van der Waals surface area contributed by atoms with Crippen molar-refractivity contribution in [1.29, 1.82) is 0 Å². The summed E-state index contributed by atoms with van der Waals surface area (Å²) in [6.45, 7) is 3.66. The highest BCUT2D eigenvalue weighted by Gasteiger charge is 2.16. The van der Waals surface area contributed by atoms with E-state index in [0.717, 1.165) is 30.8 Å². The summed E-state index contributed by atoms with van der Waals surface area (Å²) in [7, 11) is 0. The monoisotopic (exact) mass is 300 g/mol. The normalized spacial score (nSPS) is 13.6. The van der Waals surface area contributed by atoms with Gasteiger partial charge in [0.05, 0.1) is 0 Å². The number of carbonyl (C=O) groups excluding carboxylic acids is 1. The number of anilines is 1. The van der Waals surface area contributed by atoms with Gasteiger partial charge in [-0.1, -0.05) is 29.8 Å². The molecule has 0 bridgehead atoms. The Kier molecular flexibility index (Phi) is 3.95. The molecular formula is C17H17ClN2O. The molecule has 0 spiro atoms. The first kappa shape index (κ1) is 14.1. The summed E-state index contributed by atoms with van der Waals surface area (Å²) in [6.07, 6.45) is 0.931. The lowest BCUT2D eigenvalue weighted by Crippen LogP contribution is -2.25. The summed E-state index contributed by atoms with van der Waals surface area (Å²) >= 11 is 6.09. The van der Waals surface area contributed by atoms with Crippen LogP contribution in [0.2, 0.25) is 5.02 Å². The minimum Gasteiger partial charge on any atom is -0.322 e. The number of nitrogens with one attached hydrogen (secondary N) is 2. The van der Waals surface area contributed by atoms with E-state index in [1.807, 2.05) is 19.1 Å². The van der Waals surface area contributed by atoms with Crippen molar-refractivity contribution in [1.82, 2.24) is 5.32 Å². The lowest BCUT2D eigenvalue weighted by molar-refractivity contribution is 0.102. The standard InChI is InChI=1S/C17H17ClN2O/c1-11-13(5-3-6-15(11)18)17(21)20-16-7-2-4-12-10-19-9-8-14(12)16/h2-7,19H,8-10H2,1H3,(H,20,21). The summed E-state index contributed by atoms with van der Waals surface area (Å²) in [5.74, 6) is -0.109. The minimum atomic E-state index is -0.109. The van der Waals surface area contributed by atoms with E-state index in [0.29, 0.717) is 10.6 Å². The van der Waals surface area contributed by atoms with Crippen LogP contribution in [-0.2, 0) is 13.0 Å². The van der Waals surface area contributed by atoms with E-state index < -0.39 is 0 Å². The molecular weight excluding hydrogens is 284 g/mol. The average Bonchev–Trinajstić information content (AvgIpc) is 2.50. The molecule has 0 aliphatic carbocycles. The van der Waals surface area contributed by atoms with Crippen molar-refractivity contribution < 1.29 is 4.79 Å². The zero-order chi connectivity index (χ0) is 14.8. The highest BCUT2D eigenvalue weighted by molar-refractivity contribution is 6.32. The van der Waals surface area contributed by atoms with Gasteiger partial charge in [-0.2, -0.15) is 0 Å². The molecule has 2 aromatic rings. The fourth-order valence-corrected chi connectivity index (χ4v) is 2.87. The van der Waals surface area contributed by atoms with Crippen LogP contribution in [0.25, 0.3) is 0 Å². The highest BCUT2D eigenvalue weighted by atomic mass is 35.5. The predicted octanol–water partition coefficient (Wildman–Crippen LogP) is 3.55. The first-order valence-electron chi connectivity index (χ1n) is 7.05. The van der Waals surface area contributed by atoms with Crippen molar-refractivity contribution in [3.05, 3.63) is 63.7 Å². The maximum Gasteiger partial charge on any atom is 0.255 e. The Labute approximate surface area is 129 Å². The molecule has 3 nitrogen and oxygen atoms in total. The van der Waals surface area contributed by atoms with Crippen molar-refractivity contribution >= 4 is 23.2 Å². The van der Waals surface area contributed by atoms with Gasteiger partial charge < -0.3 is 10.6 Å². The van der Waals surface area contributed by atoms with Gasteiger partial charge >= 0.3 is 0 Å². The van der Waals surface area contributed by atoms with E-state index >= 15 is 0 Å². The summed E-state index contributed by atoms with van der Waals surface area (Å²) in [6, 6.07) is 11.4. The van der Waals surface area contributed by atoms with Crippen LogP contribution < -0.4 is 10.6 Å². The molecule has 0 radical (unpaired) electrons. The number of hydrogen-bond acceptors (Lipinski definition) is 2. The number of hydrogen-bond donors (Lipinski definition) is 2. The number of rotatable bonds is 2. The Bertz CT molecular complexity index is 697. The number of fused-ring (bicyclic) bond motifs is 1. The second kappa shape index (κ2) is 5.88. The molecule has 0 saturated carbocycles. The van der Waals surface area contributed by atoms with Gasteiger partial charge in [-0.15, -0.1) is 0 Å². The molecule has 1 aliphatic heterocycles. The van der Waals surface area contributed by atoms with Crippen LogP contribution in [0.5, 0.6) is 0 Å². The summed E-state index contributed by atoms with van der Waals surface area (Å²) in [4.78, 5) is 12.5. The molecule has 2 N–H and O–H groups in total. The molecule has 0 atom stereocenters. The van der Waals surface area contributed by atoms with Crippen LogP contribution in [0.3, 0.4) is 0 Å². The Hall–Kier alpha value is -1.84. The Morgan fingerprint density at radius 1 is 1.24 bits per heavy atom. The molecule has 0 fully saturated rings. The fraction of sp³-hybridized carbons (Fsp3) is 0.235. The molecule has 21 heavy (non-hydrogen) atoms. The van der Waals surface area contributed by atoms with Gasteiger partial charge in [-0.25, -0.2) is 0 Å². The Morgan fingerprint density at radius 3 is 2.90 bits per heavy atom. The van der Waals surface area contributed by atoms with Gasteiger partial charge in [-0.3, -0.25) is 4.79 Å². The third-order valence-corrected chi connectivity index (χ3v) is 4.31. The van der Waals surface area contributed by atoms with Crippen molar-refractivity contribution in [3.8, 4) is 0 Å². The zero-order valence-electron chi connectivity index (χ0n) is 11.9. The van der Waals surface area contributed by atoms with Crippen LogP contribution in [0.1, 0.15) is 27.0 Å². The van der Waals surface area contributed by atoms with Gasteiger partial charge in [0.1, 0.15) is 0 Å². The Balaban J connectivity index is 1.90. The first-order valence-corrected chi connectivity index (χ1v) is 7.42. The maximum atomic E-state index is 12.5. The third kappa shape index (κ3) is 2.80. The van der Waals surface area contributed by atoms with Crippen molar-refractivity contribution in [2.75, 3.05) is 11.9 Å². The SMILES string of the molecule is Cc1c(Cl)cccc1C(=O)Nc1cccc2c1CCNC2. The van der Waals surface area contributed by atoms with Crippen molar-refractivity contribution in [3.63, 3.8) is 0 Å². The molecule has 0 saturated heterocycles. The summed E-state index contributed by atoms with van der Waals surface area (Å²) in [5.41, 5.74) is 4.81. The topological polar surface area (TPSA) is 41.1 Å². The molecule has 108 valence electrons. The molecule has 2 aromatic carbocycles. The van der Waals surface area contributed by atoms with E-state index in [9.17, 15) is 4.79 Å². The molecule has 4 heteroatoms. The van der Waals surface area contributed by atoms with Crippen LogP contribution >= 0.6 is 11.6 Å². The summed E-state index contributed by atoms with van der Waals surface area (Å²) in [5, 5.41) is 6.98. The average molecular weight is 301 g/mol. The van der Waals surface area contributed by atoms with E-state index in [1.54, 1.807) is 18.2 Å². The van der Waals surface area contributed by atoms with Gasteiger partial charge in [0, 0.05) is 22.8 Å². The van der Waals surface area contributed by atoms with Gasteiger partial charge in [-0.05, 0) is 54.8 Å². The molecule has 3 rings (SSSR count). The number of carbonyl (C=O) groups is 1. The van der Waals surface area contributed by atoms with Crippen LogP contribution in [0.4, 0.5) is 5.69 Å². The number of halogens is 1. The number of benzene rings is 2. The number of amides is 1. The third-order valence-electron chi connectivity index (χ3n) is 3.90. The van der Waals surface area contributed by atoms with E-state index in [2.05, 4.69) is 16.7 Å². The summed E-state index contributed by atoms with van der Waals surface area (Å²) < 4.78 is 0. The second-order valence-electron chi connectivity index (χ2n) is 5.24. The van der Waals surface area contributed by atoms with E-state index in [-0.39, 0.29) is 5.91 Å². The van der Waals surface area contributed by atoms with Crippen molar-refractivity contribution in [2.45, 2.75) is 19.9 Å². The van der Waals surface area contributed by atoms with Crippen LogP contribution in [-0.4, -0.2) is 12.5 Å². The smallest absolute Gasteiger partial charge is 0.255 e. The van der Waals surface area contributed by atoms with Crippen LogP contribution in [0.15, 0.2) is 36.4 Å². The van der Waals surface area contributed by atoms with E-state index in [4.69, 9.17) is 11.6 Å². The molecule has 1 amide bonds. The quantitative estimate of drug-likeness (QED) is 0.890. The molecule has 0 unspecified atom stereocenters. The van der Waals surface area contributed by atoms with Gasteiger partial charge in [0.25, 0.3) is 5.91 Å². The van der Waals surface area contributed by atoms with Crippen molar-refractivity contribution in [2.24, 2.45) is 0 Å². The second-order valence-corrected chi connectivity index (χ2v) is 5.64. The Morgan fingerprint density at radius 2 is 2.05 bits per heavy atom. The highest BCUT2D eigenvalue weighted by Crippen LogP contribution is 2.25. The van der Waals surface area contributed by atoms with E-state index in [1.165, 1.54) is 11.1 Å². The lowest BCUT2D eigenvalue weighted by atomic mass is 9.98. The maximum absolute atomic E-state index is 12.5. The minimum absolute atomic E-state index is 0.109.